The van der Waals surface area contributed by atoms with Gasteiger partial charge in [-0.05, 0) is 74.8 Å². The van der Waals surface area contributed by atoms with Gasteiger partial charge in [0, 0.05) is 23.5 Å². The monoisotopic (exact) mass is 403 g/mol. The predicted octanol–water partition coefficient (Wildman–Crippen LogP) is 3.70. The first kappa shape index (κ1) is 21.7. The van der Waals surface area contributed by atoms with Crippen molar-refractivity contribution in [3.8, 4) is 5.75 Å². The molecule has 28 heavy (non-hydrogen) atoms. The molecule has 3 rings (SSSR count). The van der Waals surface area contributed by atoms with E-state index < -0.39 is 0 Å². The Kier molecular flexibility index (Phi) is 8.29. The normalized spacial score (nSPS) is 15.8. The van der Waals surface area contributed by atoms with Crippen molar-refractivity contribution >= 4 is 35.6 Å². The molecule has 2 aromatic rings. The van der Waals surface area contributed by atoms with Gasteiger partial charge in [0.2, 0.25) is 5.91 Å². The minimum atomic E-state index is -0.200. The smallest absolute Gasteiger partial charge is 0.255 e. The highest BCUT2D eigenvalue weighted by atomic mass is 35.5. The molecule has 2 aromatic carbocycles. The summed E-state index contributed by atoms with van der Waals surface area (Å²) in [5.74, 6) is 0.590. The van der Waals surface area contributed by atoms with Gasteiger partial charge in [0.25, 0.3) is 5.91 Å². The third-order valence-corrected chi connectivity index (χ3v) is 4.51. The van der Waals surface area contributed by atoms with Crippen LogP contribution in [0.3, 0.4) is 0 Å². The molecule has 1 aliphatic rings. The number of carbonyl (C=O) groups is 2. The fourth-order valence-electron chi connectivity index (χ4n) is 3.03. The van der Waals surface area contributed by atoms with Gasteiger partial charge in [-0.25, -0.2) is 0 Å². The van der Waals surface area contributed by atoms with Crippen LogP contribution in [0.25, 0.3) is 0 Å². The Bertz CT molecular complexity index is 772. The van der Waals surface area contributed by atoms with Crippen molar-refractivity contribution in [3.63, 3.8) is 0 Å². The van der Waals surface area contributed by atoms with Crippen molar-refractivity contribution in [1.82, 2.24) is 5.32 Å². The molecule has 150 valence electrons. The minimum Gasteiger partial charge on any atom is -0.494 e. The number of rotatable bonds is 6. The number of ether oxygens (including phenoxy) is 1. The number of hydrogen-bond acceptors (Lipinski definition) is 4. The molecule has 0 aliphatic carbocycles. The summed E-state index contributed by atoms with van der Waals surface area (Å²) in [5, 5.41) is 9.01. The summed E-state index contributed by atoms with van der Waals surface area (Å²) >= 11 is 0. The topological polar surface area (TPSA) is 79.5 Å². The zero-order valence-corrected chi connectivity index (χ0v) is 16.7. The molecule has 1 saturated heterocycles. The molecule has 1 aliphatic heterocycles. The van der Waals surface area contributed by atoms with Crippen LogP contribution in [-0.2, 0) is 4.79 Å². The average Bonchev–Trinajstić information content (AvgIpc) is 2.71. The first-order valence-electron chi connectivity index (χ1n) is 9.31. The van der Waals surface area contributed by atoms with Crippen molar-refractivity contribution in [2.45, 2.75) is 19.8 Å². The van der Waals surface area contributed by atoms with Crippen LogP contribution in [0.4, 0.5) is 11.4 Å². The molecule has 0 bridgehead atoms. The van der Waals surface area contributed by atoms with E-state index in [4.69, 9.17) is 4.74 Å². The van der Waals surface area contributed by atoms with Crippen LogP contribution in [0.1, 0.15) is 30.1 Å². The SMILES string of the molecule is CCOc1ccc(NC(=O)c2ccc(NC(=O)C3CCCNC3)cc2)cc1.Cl. The number of halogens is 1. The summed E-state index contributed by atoms with van der Waals surface area (Å²) in [6.07, 6.45) is 1.92. The van der Waals surface area contributed by atoms with Crippen LogP contribution in [0.5, 0.6) is 5.75 Å². The molecule has 6 nitrogen and oxygen atoms in total. The van der Waals surface area contributed by atoms with Gasteiger partial charge in [0.15, 0.2) is 0 Å². The maximum absolute atomic E-state index is 12.4. The highest BCUT2D eigenvalue weighted by Crippen LogP contribution is 2.18. The van der Waals surface area contributed by atoms with Gasteiger partial charge in [0.1, 0.15) is 5.75 Å². The summed E-state index contributed by atoms with van der Waals surface area (Å²) in [5.41, 5.74) is 1.93. The van der Waals surface area contributed by atoms with E-state index in [9.17, 15) is 9.59 Å². The van der Waals surface area contributed by atoms with Crippen LogP contribution in [0.2, 0.25) is 0 Å². The van der Waals surface area contributed by atoms with E-state index in [1.807, 2.05) is 19.1 Å². The second kappa shape index (κ2) is 10.7. The molecular formula is C21H26ClN3O3. The van der Waals surface area contributed by atoms with Crippen LogP contribution in [0, 0.1) is 5.92 Å². The van der Waals surface area contributed by atoms with Crippen LogP contribution in [0.15, 0.2) is 48.5 Å². The van der Waals surface area contributed by atoms with Crippen molar-refractivity contribution in [1.29, 1.82) is 0 Å². The standard InChI is InChI=1S/C21H25N3O3.ClH/c1-2-27-19-11-9-18(10-12-19)23-20(25)15-5-7-17(8-6-15)24-21(26)16-4-3-13-22-14-16;/h5-12,16,22H,2-4,13-14H2,1H3,(H,23,25)(H,24,26);1H. The minimum absolute atomic E-state index is 0. The van der Waals surface area contributed by atoms with Gasteiger partial charge in [-0.3, -0.25) is 9.59 Å². The van der Waals surface area contributed by atoms with E-state index in [-0.39, 0.29) is 30.1 Å². The Morgan fingerprint density at radius 3 is 2.29 bits per heavy atom. The molecule has 1 atom stereocenters. The number of amides is 2. The van der Waals surface area contributed by atoms with Crippen molar-refractivity contribution in [2.75, 3.05) is 30.3 Å². The second-order valence-electron chi connectivity index (χ2n) is 6.52. The zero-order chi connectivity index (χ0) is 19.1. The number of hydrogen-bond donors (Lipinski definition) is 3. The van der Waals surface area contributed by atoms with Crippen LogP contribution >= 0.6 is 12.4 Å². The van der Waals surface area contributed by atoms with Gasteiger partial charge < -0.3 is 20.7 Å². The summed E-state index contributed by atoms with van der Waals surface area (Å²) in [6, 6.07) is 14.2. The van der Waals surface area contributed by atoms with E-state index in [1.165, 1.54) is 0 Å². The molecule has 1 heterocycles. The fraction of sp³-hybridized carbons (Fsp3) is 0.333. The zero-order valence-electron chi connectivity index (χ0n) is 15.9. The lowest BCUT2D eigenvalue weighted by atomic mass is 9.99. The Labute approximate surface area is 171 Å². The van der Waals surface area contributed by atoms with E-state index in [0.29, 0.717) is 30.1 Å². The molecule has 3 N–H and O–H groups in total. The molecule has 0 radical (unpaired) electrons. The van der Waals surface area contributed by atoms with Crippen molar-refractivity contribution in [3.05, 3.63) is 54.1 Å². The van der Waals surface area contributed by atoms with E-state index in [1.54, 1.807) is 36.4 Å². The predicted molar refractivity (Wildman–Crippen MR) is 113 cm³/mol. The Hall–Kier alpha value is -2.57. The highest BCUT2D eigenvalue weighted by molar-refractivity contribution is 6.04. The fourth-order valence-corrected chi connectivity index (χ4v) is 3.03. The van der Waals surface area contributed by atoms with Gasteiger partial charge in [-0.1, -0.05) is 0 Å². The second-order valence-corrected chi connectivity index (χ2v) is 6.52. The lowest BCUT2D eigenvalue weighted by Crippen LogP contribution is -2.37. The largest absolute Gasteiger partial charge is 0.494 e. The molecule has 2 amide bonds. The summed E-state index contributed by atoms with van der Waals surface area (Å²) in [7, 11) is 0. The van der Waals surface area contributed by atoms with Crippen LogP contribution in [-0.4, -0.2) is 31.5 Å². The Morgan fingerprint density at radius 2 is 1.68 bits per heavy atom. The van der Waals surface area contributed by atoms with E-state index in [2.05, 4.69) is 16.0 Å². The third-order valence-electron chi connectivity index (χ3n) is 4.51. The van der Waals surface area contributed by atoms with Gasteiger partial charge in [-0.15, -0.1) is 12.4 Å². The molecule has 0 saturated carbocycles. The van der Waals surface area contributed by atoms with Crippen LogP contribution < -0.4 is 20.7 Å². The third kappa shape index (κ3) is 5.97. The first-order chi connectivity index (χ1) is 13.2. The average molecular weight is 404 g/mol. The van der Waals surface area contributed by atoms with Crippen molar-refractivity contribution < 1.29 is 14.3 Å². The molecule has 0 aromatic heterocycles. The van der Waals surface area contributed by atoms with E-state index >= 15 is 0 Å². The lowest BCUT2D eigenvalue weighted by molar-refractivity contribution is -0.120. The molecule has 1 fully saturated rings. The van der Waals surface area contributed by atoms with Gasteiger partial charge >= 0.3 is 0 Å². The number of nitrogens with one attached hydrogen (secondary N) is 3. The maximum atomic E-state index is 12.4. The molecule has 7 heteroatoms. The molecular weight excluding hydrogens is 378 g/mol. The molecule has 1 unspecified atom stereocenters. The van der Waals surface area contributed by atoms with Crippen molar-refractivity contribution in [2.24, 2.45) is 5.92 Å². The quantitative estimate of drug-likeness (QED) is 0.687. The number of benzene rings is 2. The summed E-state index contributed by atoms with van der Waals surface area (Å²) < 4.78 is 5.39. The maximum Gasteiger partial charge on any atom is 0.255 e. The lowest BCUT2D eigenvalue weighted by Gasteiger charge is -2.21. The Morgan fingerprint density at radius 1 is 1.04 bits per heavy atom. The van der Waals surface area contributed by atoms with Gasteiger partial charge in [0.05, 0.1) is 12.5 Å². The summed E-state index contributed by atoms with van der Waals surface area (Å²) in [4.78, 5) is 24.6. The number of carbonyl (C=O) groups excluding carboxylic acids is 2. The first-order valence-corrected chi connectivity index (χ1v) is 9.31. The number of piperidine rings is 1. The van der Waals surface area contributed by atoms with E-state index in [0.717, 1.165) is 25.1 Å². The number of anilines is 2. The Balaban J connectivity index is 0.00000280. The summed E-state index contributed by atoms with van der Waals surface area (Å²) in [6.45, 7) is 4.22. The molecule has 0 spiro atoms. The van der Waals surface area contributed by atoms with Gasteiger partial charge in [-0.2, -0.15) is 0 Å². The highest BCUT2D eigenvalue weighted by Gasteiger charge is 2.20.